The monoisotopic (exact) mass is 237 g/mol. The van der Waals surface area contributed by atoms with E-state index in [0.29, 0.717) is 5.69 Å². The Bertz CT molecular complexity index is 547. The average molecular weight is 237 g/mol. The minimum atomic E-state index is -0.891. The van der Waals surface area contributed by atoms with Crippen molar-refractivity contribution in [2.45, 2.75) is 19.8 Å². The van der Waals surface area contributed by atoms with Gasteiger partial charge in [0.1, 0.15) is 5.82 Å². The highest BCUT2D eigenvalue weighted by molar-refractivity contribution is 5.64. The molecule has 0 radical (unpaired) electrons. The van der Waals surface area contributed by atoms with Crippen LogP contribution in [0.3, 0.4) is 0 Å². The molecule has 0 fully saturated rings. The van der Waals surface area contributed by atoms with Gasteiger partial charge in [-0.15, -0.1) is 0 Å². The van der Waals surface area contributed by atoms with Gasteiger partial charge in [-0.25, -0.2) is 8.78 Å². The Hall–Kier alpha value is -1.91. The van der Waals surface area contributed by atoms with Crippen LogP contribution in [0.1, 0.15) is 25.3 Å². The number of aromatic nitrogens is 2. The van der Waals surface area contributed by atoms with Gasteiger partial charge >= 0.3 is 0 Å². The van der Waals surface area contributed by atoms with Crippen molar-refractivity contribution in [2.24, 2.45) is 0 Å². The molecule has 0 saturated carbocycles. The maximum atomic E-state index is 13.7. The second kappa shape index (κ2) is 4.16. The summed E-state index contributed by atoms with van der Waals surface area (Å²) in [6, 6.07) is 4.29. The topological polar surface area (TPSA) is 54.7 Å². The van der Waals surface area contributed by atoms with Crippen molar-refractivity contribution in [3.05, 3.63) is 35.4 Å². The number of hydrogen-bond acceptors (Lipinski definition) is 2. The van der Waals surface area contributed by atoms with Gasteiger partial charge in [0.25, 0.3) is 0 Å². The van der Waals surface area contributed by atoms with E-state index in [0.717, 1.165) is 5.56 Å². The Labute approximate surface area is 97.7 Å². The largest absolute Gasteiger partial charge is 0.382 e. The molecule has 17 heavy (non-hydrogen) atoms. The fraction of sp³-hybridized carbons (Fsp3) is 0.250. The normalized spacial score (nSPS) is 11.1. The Morgan fingerprint density at radius 2 is 1.94 bits per heavy atom. The third-order valence-corrected chi connectivity index (χ3v) is 2.61. The summed E-state index contributed by atoms with van der Waals surface area (Å²) in [6.45, 7) is 3.83. The van der Waals surface area contributed by atoms with Crippen LogP contribution in [-0.4, -0.2) is 10.2 Å². The summed E-state index contributed by atoms with van der Waals surface area (Å²) < 4.78 is 27.1. The number of nitrogens with zero attached hydrogens (tertiary/aromatic N) is 1. The molecule has 3 N–H and O–H groups in total. The third-order valence-electron chi connectivity index (χ3n) is 2.61. The number of nitrogens with one attached hydrogen (secondary N) is 1. The van der Waals surface area contributed by atoms with Crippen LogP contribution >= 0.6 is 0 Å². The minimum absolute atomic E-state index is 0.115. The fourth-order valence-electron chi connectivity index (χ4n) is 1.61. The van der Waals surface area contributed by atoms with Crippen molar-refractivity contribution in [1.29, 1.82) is 0 Å². The zero-order valence-corrected chi connectivity index (χ0v) is 9.59. The van der Waals surface area contributed by atoms with E-state index in [1.54, 1.807) is 6.07 Å². The molecule has 5 heteroatoms. The van der Waals surface area contributed by atoms with Crippen molar-refractivity contribution in [3.63, 3.8) is 0 Å². The van der Waals surface area contributed by atoms with Crippen LogP contribution in [0.25, 0.3) is 11.3 Å². The summed E-state index contributed by atoms with van der Waals surface area (Å²) in [4.78, 5) is 0. The second-order valence-corrected chi connectivity index (χ2v) is 4.23. The first-order chi connectivity index (χ1) is 7.99. The first-order valence-corrected chi connectivity index (χ1v) is 5.29. The highest BCUT2D eigenvalue weighted by Crippen LogP contribution is 2.28. The number of H-pyrrole nitrogens is 1. The predicted molar refractivity (Wildman–Crippen MR) is 62.4 cm³/mol. The lowest BCUT2D eigenvalue weighted by atomic mass is 9.99. The smallest absolute Gasteiger partial charge is 0.168 e. The summed E-state index contributed by atoms with van der Waals surface area (Å²) in [7, 11) is 0. The Morgan fingerprint density at radius 3 is 2.47 bits per heavy atom. The number of nitrogens with two attached hydrogens (primary N) is 1. The van der Waals surface area contributed by atoms with E-state index in [-0.39, 0.29) is 17.3 Å². The molecule has 1 heterocycles. The number of benzene rings is 1. The van der Waals surface area contributed by atoms with E-state index >= 15 is 0 Å². The standard InChI is InChI=1S/C12H13F2N3/c1-6(2)7-3-8(12(14)9(13)4-7)10-5-11(15)17-16-10/h3-6H,1-2H3,(H3,15,16,17). The molecule has 3 nitrogen and oxygen atoms in total. The molecule has 0 aliphatic carbocycles. The fourth-order valence-corrected chi connectivity index (χ4v) is 1.61. The van der Waals surface area contributed by atoms with Crippen molar-refractivity contribution in [3.8, 4) is 11.3 Å². The molecule has 1 aromatic carbocycles. The second-order valence-electron chi connectivity index (χ2n) is 4.23. The molecule has 0 saturated heterocycles. The van der Waals surface area contributed by atoms with E-state index in [1.807, 2.05) is 13.8 Å². The molecule has 0 atom stereocenters. The van der Waals surface area contributed by atoms with Crippen LogP contribution < -0.4 is 5.73 Å². The highest BCUT2D eigenvalue weighted by Gasteiger charge is 2.15. The van der Waals surface area contributed by atoms with E-state index in [2.05, 4.69) is 10.2 Å². The molecule has 2 aromatic rings. The Morgan fingerprint density at radius 1 is 1.24 bits per heavy atom. The van der Waals surface area contributed by atoms with Crippen LogP contribution in [0.15, 0.2) is 18.2 Å². The zero-order valence-electron chi connectivity index (χ0n) is 9.59. The summed E-state index contributed by atoms with van der Waals surface area (Å²) in [5.74, 6) is -1.39. The molecule has 1 aromatic heterocycles. The SMILES string of the molecule is CC(C)c1cc(F)c(F)c(-c2cc(N)n[nH]2)c1. The maximum Gasteiger partial charge on any atom is 0.168 e. The lowest BCUT2D eigenvalue weighted by Gasteiger charge is -2.09. The zero-order chi connectivity index (χ0) is 12.6. The molecular formula is C12H13F2N3. The Kier molecular flexibility index (Phi) is 2.83. The third kappa shape index (κ3) is 2.13. The van der Waals surface area contributed by atoms with Gasteiger partial charge in [0.15, 0.2) is 11.6 Å². The average Bonchev–Trinajstić information content (AvgIpc) is 2.68. The van der Waals surface area contributed by atoms with Gasteiger partial charge in [0.05, 0.1) is 5.69 Å². The van der Waals surface area contributed by atoms with Gasteiger partial charge in [0, 0.05) is 11.6 Å². The van der Waals surface area contributed by atoms with Gasteiger partial charge in [-0.1, -0.05) is 13.8 Å². The van der Waals surface area contributed by atoms with Crippen molar-refractivity contribution < 1.29 is 8.78 Å². The van der Waals surface area contributed by atoms with Crippen LogP contribution in [0.2, 0.25) is 0 Å². The molecule has 0 amide bonds. The summed E-state index contributed by atoms with van der Waals surface area (Å²) >= 11 is 0. The first kappa shape index (κ1) is 11.6. The molecule has 0 aliphatic heterocycles. The molecular weight excluding hydrogens is 224 g/mol. The van der Waals surface area contributed by atoms with Crippen LogP contribution in [0, 0.1) is 11.6 Å². The highest BCUT2D eigenvalue weighted by atomic mass is 19.2. The van der Waals surface area contributed by atoms with Gasteiger partial charge in [-0.2, -0.15) is 5.10 Å². The lowest BCUT2D eigenvalue weighted by Crippen LogP contribution is -1.96. The number of nitrogen functional groups attached to an aromatic ring is 1. The maximum absolute atomic E-state index is 13.7. The summed E-state index contributed by atoms with van der Waals surface area (Å²) in [5.41, 5.74) is 6.70. The number of aromatic amines is 1. The summed E-state index contributed by atoms with van der Waals surface area (Å²) in [5, 5.41) is 6.28. The van der Waals surface area contributed by atoms with Gasteiger partial charge in [0.2, 0.25) is 0 Å². The van der Waals surface area contributed by atoms with Gasteiger partial charge in [-0.05, 0) is 23.6 Å². The molecule has 2 rings (SSSR count). The molecule has 0 aliphatic rings. The van der Waals surface area contributed by atoms with E-state index < -0.39 is 11.6 Å². The van der Waals surface area contributed by atoms with Crippen LogP contribution in [0.4, 0.5) is 14.6 Å². The molecule has 0 spiro atoms. The number of halogens is 2. The van der Waals surface area contributed by atoms with E-state index in [9.17, 15) is 8.78 Å². The summed E-state index contributed by atoms with van der Waals surface area (Å²) in [6.07, 6.45) is 0. The number of anilines is 1. The van der Waals surface area contributed by atoms with E-state index in [4.69, 9.17) is 5.73 Å². The molecule has 90 valence electrons. The lowest BCUT2D eigenvalue weighted by molar-refractivity contribution is 0.508. The molecule has 0 bridgehead atoms. The van der Waals surface area contributed by atoms with Crippen molar-refractivity contribution in [1.82, 2.24) is 10.2 Å². The predicted octanol–water partition coefficient (Wildman–Crippen LogP) is 3.06. The van der Waals surface area contributed by atoms with Gasteiger partial charge in [-0.3, -0.25) is 5.10 Å². The van der Waals surface area contributed by atoms with E-state index in [1.165, 1.54) is 12.1 Å². The first-order valence-electron chi connectivity index (χ1n) is 5.29. The minimum Gasteiger partial charge on any atom is -0.382 e. The quantitative estimate of drug-likeness (QED) is 0.843. The Balaban J connectivity index is 2.60. The van der Waals surface area contributed by atoms with Crippen LogP contribution in [-0.2, 0) is 0 Å². The number of rotatable bonds is 2. The number of hydrogen-bond donors (Lipinski definition) is 2. The van der Waals surface area contributed by atoms with Gasteiger partial charge < -0.3 is 5.73 Å². The van der Waals surface area contributed by atoms with Crippen molar-refractivity contribution >= 4 is 5.82 Å². The van der Waals surface area contributed by atoms with Crippen LogP contribution in [0.5, 0.6) is 0 Å². The molecule has 0 unspecified atom stereocenters. The van der Waals surface area contributed by atoms with Crippen molar-refractivity contribution in [2.75, 3.05) is 5.73 Å².